The number of benzene rings is 1. The zero-order valence-electron chi connectivity index (χ0n) is 14.2. The van der Waals surface area contributed by atoms with Crippen LogP contribution in [0.2, 0.25) is 0 Å². The molecule has 0 saturated carbocycles. The summed E-state index contributed by atoms with van der Waals surface area (Å²) in [4.78, 5) is 4.75. The van der Waals surface area contributed by atoms with Crippen molar-refractivity contribution in [2.24, 2.45) is 0 Å². The van der Waals surface area contributed by atoms with Crippen molar-refractivity contribution in [2.75, 3.05) is 0 Å². The minimum Gasteiger partial charge on any atom is -0.253 e. The van der Waals surface area contributed by atoms with E-state index in [1.54, 1.807) is 0 Å². The largest absolute Gasteiger partial charge is 0.253 e. The van der Waals surface area contributed by atoms with E-state index < -0.39 is 0 Å². The van der Waals surface area contributed by atoms with Gasteiger partial charge >= 0.3 is 0 Å². The van der Waals surface area contributed by atoms with E-state index in [0.717, 1.165) is 11.9 Å². The van der Waals surface area contributed by atoms with Crippen LogP contribution >= 0.6 is 0 Å². The number of aromatic nitrogens is 1. The molecule has 0 fully saturated rings. The molecule has 1 heterocycles. The molecule has 0 aliphatic carbocycles. The molecule has 0 spiro atoms. The van der Waals surface area contributed by atoms with Crippen LogP contribution < -0.4 is 0 Å². The molecule has 0 unspecified atom stereocenters. The summed E-state index contributed by atoms with van der Waals surface area (Å²) >= 11 is 0. The van der Waals surface area contributed by atoms with Gasteiger partial charge in [0.05, 0.1) is 5.52 Å². The summed E-state index contributed by atoms with van der Waals surface area (Å²) < 4.78 is 0. The SMILES string of the molecule is CCCCCCCCCCCCc1ccc2ccccc2n1. The Bertz CT molecular complexity index is 532. The number of hydrogen-bond donors (Lipinski definition) is 0. The van der Waals surface area contributed by atoms with Gasteiger partial charge in [0, 0.05) is 11.1 Å². The van der Waals surface area contributed by atoms with Crippen LogP contribution in [0.15, 0.2) is 36.4 Å². The van der Waals surface area contributed by atoms with Gasteiger partial charge in [0.15, 0.2) is 0 Å². The van der Waals surface area contributed by atoms with Crippen LogP contribution in [-0.4, -0.2) is 4.98 Å². The lowest BCUT2D eigenvalue weighted by atomic mass is 10.0. The van der Waals surface area contributed by atoms with Crippen molar-refractivity contribution in [3.8, 4) is 0 Å². The number of pyridine rings is 1. The highest BCUT2D eigenvalue weighted by molar-refractivity contribution is 5.78. The van der Waals surface area contributed by atoms with Gasteiger partial charge in [-0.15, -0.1) is 0 Å². The molecule has 0 aliphatic rings. The van der Waals surface area contributed by atoms with Gasteiger partial charge in [0.25, 0.3) is 0 Å². The molecule has 1 aromatic heterocycles. The van der Waals surface area contributed by atoms with E-state index in [-0.39, 0.29) is 0 Å². The number of hydrogen-bond acceptors (Lipinski definition) is 1. The van der Waals surface area contributed by atoms with Crippen LogP contribution in [0.5, 0.6) is 0 Å². The number of rotatable bonds is 11. The van der Waals surface area contributed by atoms with Crippen LogP contribution in [0.25, 0.3) is 10.9 Å². The normalized spacial score (nSPS) is 11.1. The Hall–Kier alpha value is -1.37. The first-order valence-electron chi connectivity index (χ1n) is 9.25. The maximum absolute atomic E-state index is 4.75. The number of nitrogens with zero attached hydrogens (tertiary/aromatic N) is 1. The lowest BCUT2D eigenvalue weighted by Crippen LogP contribution is -1.91. The highest BCUT2D eigenvalue weighted by Gasteiger charge is 1.98. The third-order valence-electron chi connectivity index (χ3n) is 4.44. The van der Waals surface area contributed by atoms with Gasteiger partial charge in [-0.1, -0.05) is 89.0 Å². The third kappa shape index (κ3) is 6.17. The molecule has 0 radical (unpaired) electrons. The molecule has 0 saturated heterocycles. The average molecular weight is 297 g/mol. The van der Waals surface area contributed by atoms with Gasteiger partial charge in [-0.05, 0) is 25.0 Å². The Kier molecular flexibility index (Phi) is 8.01. The number of fused-ring (bicyclic) bond motifs is 1. The number of aryl methyl sites for hydroxylation is 1. The lowest BCUT2D eigenvalue weighted by molar-refractivity contribution is 0.555. The summed E-state index contributed by atoms with van der Waals surface area (Å²) in [5.41, 5.74) is 2.38. The number of unbranched alkanes of at least 4 members (excludes halogenated alkanes) is 9. The minimum atomic E-state index is 1.13. The van der Waals surface area contributed by atoms with Crippen LogP contribution in [0, 0.1) is 0 Å². The van der Waals surface area contributed by atoms with Gasteiger partial charge in [0.1, 0.15) is 0 Å². The Morgan fingerprint density at radius 2 is 1.32 bits per heavy atom. The Morgan fingerprint density at radius 1 is 0.682 bits per heavy atom. The summed E-state index contributed by atoms with van der Waals surface area (Å²) in [6.45, 7) is 2.28. The summed E-state index contributed by atoms with van der Waals surface area (Å²) in [5.74, 6) is 0. The summed E-state index contributed by atoms with van der Waals surface area (Å²) in [5, 5.41) is 1.24. The predicted molar refractivity (Wildman–Crippen MR) is 97.3 cm³/mol. The second-order valence-electron chi connectivity index (χ2n) is 6.43. The Balaban J connectivity index is 1.54. The molecule has 1 heteroatoms. The first-order valence-corrected chi connectivity index (χ1v) is 9.25. The van der Waals surface area contributed by atoms with E-state index in [1.807, 2.05) is 0 Å². The van der Waals surface area contributed by atoms with E-state index in [2.05, 4.69) is 43.3 Å². The average Bonchev–Trinajstić information content (AvgIpc) is 2.56. The maximum Gasteiger partial charge on any atom is 0.0705 e. The highest BCUT2D eigenvalue weighted by Crippen LogP contribution is 2.15. The van der Waals surface area contributed by atoms with E-state index in [9.17, 15) is 0 Å². The van der Waals surface area contributed by atoms with Crippen molar-refractivity contribution in [2.45, 2.75) is 77.6 Å². The lowest BCUT2D eigenvalue weighted by Gasteiger charge is -2.04. The molecule has 1 nitrogen and oxygen atoms in total. The van der Waals surface area contributed by atoms with Gasteiger partial charge in [0.2, 0.25) is 0 Å². The smallest absolute Gasteiger partial charge is 0.0705 e. The van der Waals surface area contributed by atoms with Crippen molar-refractivity contribution < 1.29 is 0 Å². The Labute approximate surface area is 136 Å². The first-order chi connectivity index (χ1) is 10.9. The monoisotopic (exact) mass is 297 g/mol. The Morgan fingerprint density at radius 3 is 2.05 bits per heavy atom. The fraction of sp³-hybridized carbons (Fsp3) is 0.571. The second-order valence-corrected chi connectivity index (χ2v) is 6.43. The van der Waals surface area contributed by atoms with Gasteiger partial charge in [-0.2, -0.15) is 0 Å². The topological polar surface area (TPSA) is 12.9 Å². The summed E-state index contributed by atoms with van der Waals surface area (Å²) in [6, 6.07) is 12.8. The molecule has 0 bridgehead atoms. The van der Waals surface area contributed by atoms with Crippen molar-refractivity contribution in [1.29, 1.82) is 0 Å². The molecule has 2 rings (SSSR count). The standard InChI is InChI=1S/C21H31N/c1-2-3-4-5-6-7-8-9-10-11-15-20-18-17-19-14-12-13-16-21(19)22-20/h12-14,16-18H,2-11,15H2,1H3. The predicted octanol–water partition coefficient (Wildman–Crippen LogP) is 6.70. The zero-order valence-corrected chi connectivity index (χ0v) is 14.2. The fourth-order valence-electron chi connectivity index (χ4n) is 3.04. The van der Waals surface area contributed by atoms with Crippen molar-refractivity contribution in [3.05, 3.63) is 42.1 Å². The van der Waals surface area contributed by atoms with Crippen molar-refractivity contribution >= 4 is 10.9 Å². The van der Waals surface area contributed by atoms with Gasteiger partial charge < -0.3 is 0 Å². The van der Waals surface area contributed by atoms with Crippen LogP contribution in [0.4, 0.5) is 0 Å². The van der Waals surface area contributed by atoms with Crippen LogP contribution in [-0.2, 0) is 6.42 Å². The van der Waals surface area contributed by atoms with Crippen LogP contribution in [0.1, 0.15) is 76.8 Å². The van der Waals surface area contributed by atoms with E-state index in [0.29, 0.717) is 0 Å². The first kappa shape index (κ1) is 17.0. The molecular weight excluding hydrogens is 266 g/mol. The maximum atomic E-state index is 4.75. The number of para-hydroxylation sites is 1. The third-order valence-corrected chi connectivity index (χ3v) is 4.44. The van der Waals surface area contributed by atoms with E-state index in [4.69, 9.17) is 4.98 Å². The van der Waals surface area contributed by atoms with Crippen molar-refractivity contribution in [3.63, 3.8) is 0 Å². The van der Waals surface area contributed by atoms with E-state index >= 15 is 0 Å². The minimum absolute atomic E-state index is 1.13. The quantitative estimate of drug-likeness (QED) is 0.421. The molecule has 0 N–H and O–H groups in total. The van der Waals surface area contributed by atoms with E-state index in [1.165, 1.54) is 75.3 Å². The molecule has 0 atom stereocenters. The molecule has 1 aromatic carbocycles. The molecule has 0 amide bonds. The molecular formula is C21H31N. The molecule has 120 valence electrons. The van der Waals surface area contributed by atoms with Crippen LogP contribution in [0.3, 0.4) is 0 Å². The highest BCUT2D eigenvalue weighted by atomic mass is 14.7. The second kappa shape index (κ2) is 10.4. The fourth-order valence-corrected chi connectivity index (χ4v) is 3.04. The van der Waals surface area contributed by atoms with Gasteiger partial charge in [-0.3, -0.25) is 4.98 Å². The summed E-state index contributed by atoms with van der Waals surface area (Å²) in [7, 11) is 0. The van der Waals surface area contributed by atoms with Gasteiger partial charge in [-0.25, -0.2) is 0 Å². The summed E-state index contributed by atoms with van der Waals surface area (Å²) in [6.07, 6.45) is 15.1. The zero-order chi connectivity index (χ0) is 15.5. The molecule has 0 aliphatic heterocycles. The van der Waals surface area contributed by atoms with Crippen molar-refractivity contribution in [1.82, 2.24) is 4.98 Å². The molecule has 2 aromatic rings. The molecule has 22 heavy (non-hydrogen) atoms.